The molecule has 0 saturated heterocycles. The van der Waals surface area contributed by atoms with Crippen molar-refractivity contribution in [3.05, 3.63) is 41.6 Å². The van der Waals surface area contributed by atoms with Crippen molar-refractivity contribution in [1.82, 2.24) is 24.7 Å². The summed E-state index contributed by atoms with van der Waals surface area (Å²) in [5.41, 5.74) is 0.323. The molecule has 8 nitrogen and oxygen atoms in total. The number of pyridine rings is 1. The normalized spacial score (nSPS) is 11.5. The maximum Gasteiger partial charge on any atom is 0.273 e. The fourth-order valence-electron chi connectivity index (χ4n) is 1.48. The first kappa shape index (κ1) is 13.9. The molecule has 3 aromatic rings. The molecule has 0 spiro atoms. The van der Waals surface area contributed by atoms with Crippen LogP contribution in [0.5, 0.6) is 0 Å². The maximum absolute atomic E-state index is 12.1. The third-order valence-corrected chi connectivity index (χ3v) is 5.33. The highest BCUT2D eigenvalue weighted by Crippen LogP contribution is 2.24. The van der Waals surface area contributed by atoms with Gasteiger partial charge in [0.1, 0.15) is 12.7 Å². The molecule has 0 aliphatic rings. The highest BCUT2D eigenvalue weighted by molar-refractivity contribution is 7.94. The Balaban J connectivity index is 1.82. The van der Waals surface area contributed by atoms with E-state index in [1.165, 1.54) is 29.7 Å². The molecular formula is C10H7ClN6O2S2. The summed E-state index contributed by atoms with van der Waals surface area (Å²) >= 11 is 6.51. The van der Waals surface area contributed by atoms with Gasteiger partial charge in [-0.3, -0.25) is 4.72 Å². The first-order valence-electron chi connectivity index (χ1n) is 5.50. The summed E-state index contributed by atoms with van der Waals surface area (Å²) in [5.74, 6) is 0.524. The number of hydrogen-bond acceptors (Lipinski definition) is 7. The van der Waals surface area contributed by atoms with Crippen LogP contribution in [-0.2, 0) is 10.0 Å². The number of nitrogens with zero attached hydrogens (tertiary/aromatic N) is 5. The van der Waals surface area contributed by atoms with Gasteiger partial charge in [-0.1, -0.05) is 22.9 Å². The summed E-state index contributed by atoms with van der Waals surface area (Å²) in [6, 6.07) is 3.19. The Bertz CT molecular complexity index is 844. The lowest BCUT2D eigenvalue weighted by Crippen LogP contribution is -2.12. The average molecular weight is 343 g/mol. The molecule has 0 radical (unpaired) electrons. The summed E-state index contributed by atoms with van der Waals surface area (Å²) < 4.78 is 28.2. The van der Waals surface area contributed by atoms with E-state index in [9.17, 15) is 8.42 Å². The van der Waals surface area contributed by atoms with E-state index in [0.717, 1.165) is 11.3 Å². The van der Waals surface area contributed by atoms with Crippen molar-refractivity contribution in [3.63, 3.8) is 0 Å². The van der Waals surface area contributed by atoms with Crippen molar-refractivity contribution in [2.45, 2.75) is 4.21 Å². The molecule has 0 fully saturated rings. The van der Waals surface area contributed by atoms with Crippen LogP contribution in [0.2, 0.25) is 4.47 Å². The average Bonchev–Trinajstić information content (AvgIpc) is 3.10. The van der Waals surface area contributed by atoms with Gasteiger partial charge in [-0.15, -0.1) is 0 Å². The fraction of sp³-hybridized carbons (Fsp3) is 0. The predicted molar refractivity (Wildman–Crippen MR) is 77.1 cm³/mol. The lowest BCUT2D eigenvalue weighted by Gasteiger charge is -2.06. The van der Waals surface area contributed by atoms with Crippen LogP contribution >= 0.6 is 22.9 Å². The van der Waals surface area contributed by atoms with E-state index in [0.29, 0.717) is 11.5 Å². The van der Waals surface area contributed by atoms with E-state index < -0.39 is 10.0 Å². The molecule has 0 saturated carbocycles. The third kappa shape index (κ3) is 3.01. The zero-order valence-electron chi connectivity index (χ0n) is 10.2. The van der Waals surface area contributed by atoms with E-state index in [1.807, 2.05) is 0 Å². The van der Waals surface area contributed by atoms with E-state index in [1.54, 1.807) is 12.1 Å². The first-order chi connectivity index (χ1) is 10.0. The molecule has 3 heterocycles. The van der Waals surface area contributed by atoms with Gasteiger partial charge >= 0.3 is 0 Å². The number of aromatic nitrogens is 5. The minimum absolute atomic E-state index is 0.0350. The van der Waals surface area contributed by atoms with Crippen molar-refractivity contribution >= 4 is 38.6 Å². The van der Waals surface area contributed by atoms with Crippen molar-refractivity contribution < 1.29 is 8.42 Å². The van der Waals surface area contributed by atoms with Crippen molar-refractivity contribution in [1.29, 1.82) is 0 Å². The lowest BCUT2D eigenvalue weighted by molar-refractivity contribution is 0.603. The Morgan fingerprint density at radius 2 is 2.10 bits per heavy atom. The molecule has 0 aliphatic carbocycles. The number of halogens is 1. The molecule has 0 aliphatic heterocycles. The van der Waals surface area contributed by atoms with Crippen LogP contribution in [0.4, 0.5) is 5.69 Å². The van der Waals surface area contributed by atoms with Crippen LogP contribution in [-0.4, -0.2) is 33.2 Å². The Morgan fingerprint density at radius 3 is 2.67 bits per heavy atom. The van der Waals surface area contributed by atoms with Crippen LogP contribution in [0.3, 0.4) is 0 Å². The highest BCUT2D eigenvalue weighted by Gasteiger charge is 2.17. The standard InChI is InChI=1S/C10H7ClN6O2S2/c11-10-14-4-9(20-10)21(18,19)16-7-1-2-8(13-3-7)17-6-12-5-15-17/h1-6,16H. The van der Waals surface area contributed by atoms with Gasteiger partial charge < -0.3 is 0 Å². The quantitative estimate of drug-likeness (QED) is 0.772. The molecule has 1 N–H and O–H groups in total. The Hall–Kier alpha value is -2.04. The lowest BCUT2D eigenvalue weighted by atomic mass is 10.4. The summed E-state index contributed by atoms with van der Waals surface area (Å²) in [5, 5.41) is 3.92. The SMILES string of the molecule is O=S(=O)(Nc1ccc(-n2cncn2)nc1)c1cnc(Cl)s1. The second-order valence-electron chi connectivity index (χ2n) is 3.78. The van der Waals surface area contributed by atoms with Crippen molar-refractivity contribution in [2.75, 3.05) is 4.72 Å². The second-order valence-corrected chi connectivity index (χ2v) is 7.30. The summed E-state index contributed by atoms with van der Waals surface area (Å²) in [4.78, 5) is 11.6. The zero-order valence-corrected chi connectivity index (χ0v) is 12.6. The minimum Gasteiger partial charge on any atom is -0.277 e. The molecule has 0 atom stereocenters. The van der Waals surface area contributed by atoms with E-state index in [-0.39, 0.29) is 8.68 Å². The Morgan fingerprint density at radius 1 is 1.24 bits per heavy atom. The van der Waals surface area contributed by atoms with E-state index in [2.05, 4.69) is 24.8 Å². The minimum atomic E-state index is -3.71. The predicted octanol–water partition coefficient (Wildman–Crippen LogP) is 1.57. The van der Waals surface area contributed by atoms with Crippen molar-refractivity contribution in [3.8, 4) is 5.82 Å². The van der Waals surface area contributed by atoms with Crippen LogP contribution < -0.4 is 4.72 Å². The van der Waals surface area contributed by atoms with E-state index >= 15 is 0 Å². The summed E-state index contributed by atoms with van der Waals surface area (Å²) in [6.45, 7) is 0. The number of hydrogen-bond donors (Lipinski definition) is 1. The molecule has 21 heavy (non-hydrogen) atoms. The molecule has 108 valence electrons. The monoisotopic (exact) mass is 342 g/mol. The molecule has 3 aromatic heterocycles. The van der Waals surface area contributed by atoms with Gasteiger partial charge in [0.25, 0.3) is 10.0 Å². The number of anilines is 1. The largest absolute Gasteiger partial charge is 0.277 e. The summed E-state index contributed by atoms with van der Waals surface area (Å²) in [7, 11) is -3.71. The molecule has 11 heteroatoms. The van der Waals surface area contributed by atoms with Gasteiger partial charge in [-0.05, 0) is 12.1 Å². The van der Waals surface area contributed by atoms with Crippen LogP contribution in [0, 0.1) is 0 Å². The number of sulfonamides is 1. The number of nitrogens with one attached hydrogen (secondary N) is 1. The van der Waals surface area contributed by atoms with Gasteiger partial charge in [0.2, 0.25) is 0 Å². The van der Waals surface area contributed by atoms with Crippen LogP contribution in [0.1, 0.15) is 0 Å². The zero-order chi connectivity index (χ0) is 14.9. The number of thiazole rings is 1. The van der Waals surface area contributed by atoms with Gasteiger partial charge in [-0.2, -0.15) is 5.10 Å². The highest BCUT2D eigenvalue weighted by atomic mass is 35.5. The fourth-order valence-corrected chi connectivity index (χ4v) is 3.81. The topological polar surface area (TPSA) is 103 Å². The second kappa shape index (κ2) is 5.39. The molecule has 0 bridgehead atoms. The molecule has 0 unspecified atom stereocenters. The number of rotatable bonds is 4. The smallest absolute Gasteiger partial charge is 0.273 e. The Kier molecular flexibility index (Phi) is 3.57. The van der Waals surface area contributed by atoms with Crippen LogP contribution in [0.25, 0.3) is 5.82 Å². The Labute approximate surface area is 128 Å². The van der Waals surface area contributed by atoms with Gasteiger partial charge in [0.05, 0.1) is 18.1 Å². The molecular weight excluding hydrogens is 336 g/mol. The van der Waals surface area contributed by atoms with Crippen molar-refractivity contribution in [2.24, 2.45) is 0 Å². The van der Waals surface area contributed by atoms with Gasteiger partial charge in [0, 0.05) is 0 Å². The third-order valence-electron chi connectivity index (χ3n) is 2.37. The van der Waals surface area contributed by atoms with E-state index in [4.69, 9.17) is 11.6 Å². The van der Waals surface area contributed by atoms with Crippen LogP contribution in [0.15, 0.2) is 41.4 Å². The molecule has 3 rings (SSSR count). The molecule has 0 amide bonds. The first-order valence-corrected chi connectivity index (χ1v) is 8.17. The van der Waals surface area contributed by atoms with Gasteiger partial charge in [0.15, 0.2) is 14.5 Å². The molecule has 0 aromatic carbocycles. The van der Waals surface area contributed by atoms with Gasteiger partial charge in [-0.25, -0.2) is 28.1 Å². The maximum atomic E-state index is 12.1. The summed E-state index contributed by atoms with van der Waals surface area (Å²) in [6.07, 6.45) is 5.46.